The van der Waals surface area contributed by atoms with Crippen LogP contribution in [-0.2, 0) is 0 Å². The zero-order valence-corrected chi connectivity index (χ0v) is 14.6. The molecule has 3 aromatic heterocycles. The van der Waals surface area contributed by atoms with Gasteiger partial charge < -0.3 is 19.9 Å². The number of nitrogens with zero attached hydrogens (tertiary/aromatic N) is 4. The molecule has 2 aliphatic rings. The highest BCUT2D eigenvalue weighted by atomic mass is 16.1. The first kappa shape index (κ1) is 15.3. The van der Waals surface area contributed by atoms with Crippen molar-refractivity contribution in [2.24, 2.45) is 5.41 Å². The number of rotatable bonds is 3. The molecule has 5 rings (SSSR count). The van der Waals surface area contributed by atoms with Gasteiger partial charge in [-0.05, 0) is 31.2 Å². The number of pyridine rings is 2. The van der Waals surface area contributed by atoms with Crippen LogP contribution >= 0.6 is 0 Å². The molecule has 7 heteroatoms. The van der Waals surface area contributed by atoms with Gasteiger partial charge in [-0.2, -0.15) is 0 Å². The number of hydrogen-bond acceptors (Lipinski definition) is 5. The average Bonchev–Trinajstić information content (AvgIpc) is 2.92. The summed E-state index contributed by atoms with van der Waals surface area (Å²) in [5, 5.41) is 6.25. The maximum atomic E-state index is 12.5. The molecule has 7 nitrogen and oxygen atoms in total. The number of anilines is 2. The van der Waals surface area contributed by atoms with E-state index >= 15 is 0 Å². The lowest BCUT2D eigenvalue weighted by atomic mass is 9.74. The van der Waals surface area contributed by atoms with Crippen LogP contribution in [0.25, 0.3) is 5.65 Å². The molecule has 2 aliphatic heterocycles. The van der Waals surface area contributed by atoms with E-state index in [0.717, 1.165) is 49.0 Å². The van der Waals surface area contributed by atoms with Crippen LogP contribution in [0.3, 0.4) is 0 Å². The summed E-state index contributed by atoms with van der Waals surface area (Å²) in [4.78, 5) is 23.6. The van der Waals surface area contributed by atoms with Crippen molar-refractivity contribution in [3.05, 3.63) is 54.1 Å². The first-order valence-corrected chi connectivity index (χ1v) is 8.79. The molecule has 5 heterocycles. The lowest BCUT2D eigenvalue weighted by Gasteiger charge is -2.56. The van der Waals surface area contributed by atoms with Gasteiger partial charge in [-0.25, -0.2) is 9.97 Å². The van der Waals surface area contributed by atoms with E-state index in [9.17, 15) is 4.79 Å². The van der Waals surface area contributed by atoms with Crippen LogP contribution in [0.5, 0.6) is 0 Å². The SMILES string of the molecule is Cc1cn2cc(NC(=O)c3ccc(N4CC5(CNC5)C4)nc3)ccc2n1. The van der Waals surface area contributed by atoms with Crippen molar-refractivity contribution in [1.29, 1.82) is 0 Å². The Morgan fingerprint density at radius 2 is 2.04 bits per heavy atom. The van der Waals surface area contributed by atoms with E-state index < -0.39 is 0 Å². The summed E-state index contributed by atoms with van der Waals surface area (Å²) in [6.45, 7) is 6.24. The summed E-state index contributed by atoms with van der Waals surface area (Å²) >= 11 is 0. The van der Waals surface area contributed by atoms with E-state index in [1.807, 2.05) is 48.0 Å². The molecule has 2 fully saturated rings. The number of nitrogens with one attached hydrogen (secondary N) is 2. The van der Waals surface area contributed by atoms with Gasteiger partial charge in [0.25, 0.3) is 5.91 Å². The van der Waals surface area contributed by atoms with E-state index in [2.05, 4.69) is 25.5 Å². The van der Waals surface area contributed by atoms with Crippen LogP contribution in [0.2, 0.25) is 0 Å². The van der Waals surface area contributed by atoms with Crippen LogP contribution in [-0.4, -0.2) is 46.5 Å². The number of carbonyl (C=O) groups is 1. The maximum absolute atomic E-state index is 12.5. The second-order valence-corrected chi connectivity index (χ2v) is 7.38. The van der Waals surface area contributed by atoms with Crippen LogP contribution in [0.4, 0.5) is 11.5 Å². The summed E-state index contributed by atoms with van der Waals surface area (Å²) in [6, 6.07) is 7.50. The highest BCUT2D eigenvalue weighted by molar-refractivity contribution is 6.04. The first-order valence-electron chi connectivity index (χ1n) is 8.79. The van der Waals surface area contributed by atoms with Gasteiger partial charge in [-0.1, -0.05) is 0 Å². The monoisotopic (exact) mass is 348 g/mol. The number of amides is 1. The molecule has 0 radical (unpaired) electrons. The van der Waals surface area contributed by atoms with Crippen molar-refractivity contribution >= 4 is 23.1 Å². The van der Waals surface area contributed by atoms with Gasteiger partial charge in [0, 0.05) is 50.2 Å². The largest absolute Gasteiger partial charge is 0.355 e. The second-order valence-electron chi connectivity index (χ2n) is 7.38. The van der Waals surface area contributed by atoms with Crippen molar-refractivity contribution < 1.29 is 4.79 Å². The third kappa shape index (κ3) is 2.52. The zero-order chi connectivity index (χ0) is 17.7. The van der Waals surface area contributed by atoms with Gasteiger partial charge in [-0.15, -0.1) is 0 Å². The fraction of sp³-hybridized carbons (Fsp3) is 0.316. The molecule has 0 bridgehead atoms. The summed E-state index contributed by atoms with van der Waals surface area (Å²) < 4.78 is 1.90. The molecule has 1 amide bonds. The van der Waals surface area contributed by atoms with Crippen molar-refractivity contribution in [2.75, 3.05) is 36.4 Å². The third-order valence-corrected chi connectivity index (χ3v) is 5.22. The summed E-state index contributed by atoms with van der Waals surface area (Å²) in [5.41, 5.74) is 3.55. The van der Waals surface area contributed by atoms with E-state index in [-0.39, 0.29) is 5.91 Å². The summed E-state index contributed by atoms with van der Waals surface area (Å²) in [5.74, 6) is 0.776. The smallest absolute Gasteiger partial charge is 0.257 e. The Labute approximate surface area is 151 Å². The zero-order valence-electron chi connectivity index (χ0n) is 14.6. The van der Waals surface area contributed by atoms with Gasteiger partial charge in [0.2, 0.25) is 0 Å². The number of aromatic nitrogens is 3. The highest BCUT2D eigenvalue weighted by Gasteiger charge is 2.47. The molecule has 1 spiro atoms. The Balaban J connectivity index is 1.27. The molecule has 0 aromatic carbocycles. The van der Waals surface area contributed by atoms with Gasteiger partial charge in [0.15, 0.2) is 0 Å². The number of hydrogen-bond donors (Lipinski definition) is 2. The Hall–Kier alpha value is -2.93. The number of carbonyl (C=O) groups excluding carboxylic acids is 1. The fourth-order valence-electron chi connectivity index (χ4n) is 3.73. The van der Waals surface area contributed by atoms with Gasteiger partial charge in [0.05, 0.1) is 16.9 Å². The predicted molar refractivity (Wildman–Crippen MR) is 99.6 cm³/mol. The van der Waals surface area contributed by atoms with Crippen molar-refractivity contribution in [1.82, 2.24) is 19.7 Å². The molecule has 0 atom stereocenters. The Kier molecular flexibility index (Phi) is 3.27. The van der Waals surface area contributed by atoms with E-state index in [4.69, 9.17) is 0 Å². The lowest BCUT2D eigenvalue weighted by Crippen LogP contribution is -2.71. The first-order chi connectivity index (χ1) is 12.6. The van der Waals surface area contributed by atoms with Crippen molar-refractivity contribution in [3.63, 3.8) is 0 Å². The summed E-state index contributed by atoms with van der Waals surface area (Å²) in [7, 11) is 0. The minimum atomic E-state index is -0.163. The fourth-order valence-corrected chi connectivity index (χ4v) is 3.73. The van der Waals surface area contributed by atoms with Crippen LogP contribution < -0.4 is 15.5 Å². The van der Waals surface area contributed by atoms with Crippen LogP contribution in [0.1, 0.15) is 16.1 Å². The molecular weight excluding hydrogens is 328 g/mol. The third-order valence-electron chi connectivity index (χ3n) is 5.22. The quantitative estimate of drug-likeness (QED) is 0.754. The number of fused-ring (bicyclic) bond motifs is 1. The van der Waals surface area contributed by atoms with Crippen LogP contribution in [0.15, 0.2) is 42.9 Å². The minimum absolute atomic E-state index is 0.163. The molecule has 132 valence electrons. The van der Waals surface area contributed by atoms with Crippen molar-refractivity contribution in [3.8, 4) is 0 Å². The molecule has 0 saturated carbocycles. The standard InChI is InChI=1S/C19H20N6O/c1-13-7-24-8-15(3-5-17(24)22-13)23-18(26)14-2-4-16(21-6-14)25-11-19(12-25)9-20-10-19/h2-8,20H,9-12H2,1H3,(H,23,26). The van der Waals surface area contributed by atoms with Crippen molar-refractivity contribution in [2.45, 2.75) is 6.92 Å². The van der Waals surface area contributed by atoms with E-state index in [0.29, 0.717) is 11.0 Å². The Morgan fingerprint density at radius 1 is 1.19 bits per heavy atom. The van der Waals surface area contributed by atoms with Gasteiger partial charge in [-0.3, -0.25) is 4.79 Å². The minimum Gasteiger partial charge on any atom is -0.355 e. The van der Waals surface area contributed by atoms with Gasteiger partial charge >= 0.3 is 0 Å². The molecule has 2 N–H and O–H groups in total. The lowest BCUT2D eigenvalue weighted by molar-refractivity contribution is 0.102. The molecule has 26 heavy (non-hydrogen) atoms. The summed E-state index contributed by atoms with van der Waals surface area (Å²) in [6.07, 6.45) is 5.44. The topological polar surface area (TPSA) is 74.6 Å². The van der Waals surface area contributed by atoms with Crippen LogP contribution in [0, 0.1) is 12.3 Å². The van der Waals surface area contributed by atoms with E-state index in [1.54, 1.807) is 6.20 Å². The van der Waals surface area contributed by atoms with Gasteiger partial charge in [0.1, 0.15) is 11.5 Å². The molecule has 3 aromatic rings. The second kappa shape index (κ2) is 5.54. The maximum Gasteiger partial charge on any atom is 0.257 e. The molecule has 0 unspecified atom stereocenters. The average molecular weight is 348 g/mol. The molecule has 2 saturated heterocycles. The molecule has 0 aliphatic carbocycles. The number of imidazole rings is 1. The Morgan fingerprint density at radius 3 is 2.73 bits per heavy atom. The normalized spacial score (nSPS) is 17.8. The Bertz CT molecular complexity index is 981. The number of aryl methyl sites for hydroxylation is 1. The molecular formula is C19H20N6O. The predicted octanol–water partition coefficient (Wildman–Crippen LogP) is 1.70. The highest BCUT2D eigenvalue weighted by Crippen LogP contribution is 2.36. The van der Waals surface area contributed by atoms with E-state index in [1.165, 1.54) is 0 Å².